The molecule has 0 saturated carbocycles. The van der Waals surface area contributed by atoms with Gasteiger partial charge in [0, 0.05) is 23.7 Å². The smallest absolute Gasteiger partial charge is 0.137 e. The normalized spacial score (nSPS) is 10.8. The molecule has 0 fully saturated rings. The minimum Gasteiger partial charge on any atom is -0.399 e. The number of nitrogens with two attached hydrogens (primary N) is 1. The highest BCUT2D eigenvalue weighted by Gasteiger charge is 2.06. The van der Waals surface area contributed by atoms with Crippen LogP contribution in [0.25, 0.3) is 11.3 Å². The van der Waals surface area contributed by atoms with Crippen LogP contribution in [0.1, 0.15) is 51.2 Å². The van der Waals surface area contributed by atoms with Gasteiger partial charge >= 0.3 is 0 Å². The number of nitrogen functional groups attached to an aromatic ring is 1. The van der Waals surface area contributed by atoms with Crippen molar-refractivity contribution in [3.05, 3.63) is 36.1 Å². The number of hydrogen-bond donors (Lipinski definition) is 1. The van der Waals surface area contributed by atoms with E-state index in [0.717, 1.165) is 29.1 Å². The number of unbranched alkanes of at least 4 members (excludes halogenated alkanes) is 5. The summed E-state index contributed by atoms with van der Waals surface area (Å²) in [6.07, 6.45) is 8.76. The highest BCUT2D eigenvalue weighted by atomic mass is 16.5. The van der Waals surface area contributed by atoms with Crippen molar-refractivity contribution in [2.75, 3.05) is 5.73 Å². The molecular weight excluding hydrogens is 248 g/mol. The van der Waals surface area contributed by atoms with Gasteiger partial charge in [0.1, 0.15) is 11.5 Å². The molecule has 0 radical (unpaired) electrons. The zero-order valence-electron chi connectivity index (χ0n) is 12.3. The van der Waals surface area contributed by atoms with Crippen molar-refractivity contribution in [2.45, 2.75) is 51.9 Å². The van der Waals surface area contributed by atoms with Crippen LogP contribution >= 0.6 is 0 Å². The average molecular weight is 272 g/mol. The lowest BCUT2D eigenvalue weighted by atomic mass is 10.1. The summed E-state index contributed by atoms with van der Waals surface area (Å²) in [6.45, 7) is 2.24. The Morgan fingerprint density at radius 2 is 1.70 bits per heavy atom. The minimum absolute atomic E-state index is 0.768. The number of rotatable bonds is 8. The van der Waals surface area contributed by atoms with Gasteiger partial charge in [-0.1, -0.05) is 56.3 Å². The molecule has 0 aliphatic rings. The second-order valence-corrected chi connectivity index (χ2v) is 5.32. The SMILES string of the molecule is CCCCCCCCc1cc(-c2ccc(N)cc2)no1. The monoisotopic (exact) mass is 272 g/mol. The second-order valence-electron chi connectivity index (χ2n) is 5.32. The van der Waals surface area contributed by atoms with E-state index >= 15 is 0 Å². The molecule has 0 aliphatic carbocycles. The van der Waals surface area contributed by atoms with Crippen LogP contribution in [-0.4, -0.2) is 5.16 Å². The van der Waals surface area contributed by atoms with Crippen LogP contribution in [0, 0.1) is 0 Å². The van der Waals surface area contributed by atoms with Gasteiger partial charge in [0.25, 0.3) is 0 Å². The molecule has 3 heteroatoms. The van der Waals surface area contributed by atoms with E-state index in [4.69, 9.17) is 10.3 Å². The Morgan fingerprint density at radius 3 is 2.45 bits per heavy atom. The minimum atomic E-state index is 0.768. The standard InChI is InChI=1S/C17H24N2O/c1-2-3-4-5-6-7-8-16-13-17(19-20-16)14-9-11-15(18)12-10-14/h9-13H,2-8,18H2,1H3. The summed E-state index contributed by atoms with van der Waals surface area (Å²) >= 11 is 0. The molecule has 108 valence electrons. The van der Waals surface area contributed by atoms with Gasteiger partial charge in [0.2, 0.25) is 0 Å². The second kappa shape index (κ2) is 7.73. The van der Waals surface area contributed by atoms with E-state index in [1.807, 2.05) is 30.3 Å². The fourth-order valence-electron chi connectivity index (χ4n) is 2.30. The Morgan fingerprint density at radius 1 is 1.00 bits per heavy atom. The maximum atomic E-state index is 5.68. The highest BCUT2D eigenvalue weighted by Crippen LogP contribution is 2.21. The van der Waals surface area contributed by atoms with Crippen LogP contribution in [0.5, 0.6) is 0 Å². The zero-order valence-corrected chi connectivity index (χ0v) is 12.3. The van der Waals surface area contributed by atoms with Crippen LogP contribution in [-0.2, 0) is 6.42 Å². The van der Waals surface area contributed by atoms with Gasteiger partial charge in [0.15, 0.2) is 0 Å². The van der Waals surface area contributed by atoms with Crippen molar-refractivity contribution in [1.29, 1.82) is 0 Å². The first-order chi connectivity index (χ1) is 9.79. The molecule has 0 spiro atoms. The first-order valence-electron chi connectivity index (χ1n) is 7.61. The first-order valence-corrected chi connectivity index (χ1v) is 7.61. The summed E-state index contributed by atoms with van der Waals surface area (Å²) in [5, 5.41) is 4.13. The van der Waals surface area contributed by atoms with Crippen LogP contribution in [0.4, 0.5) is 5.69 Å². The molecule has 0 atom stereocenters. The molecule has 0 amide bonds. The molecule has 3 nitrogen and oxygen atoms in total. The van der Waals surface area contributed by atoms with Crippen LogP contribution in [0.2, 0.25) is 0 Å². The third-order valence-corrected chi connectivity index (χ3v) is 3.54. The zero-order chi connectivity index (χ0) is 14.2. The first kappa shape index (κ1) is 14.6. The molecule has 0 aliphatic heterocycles. The largest absolute Gasteiger partial charge is 0.399 e. The molecule has 20 heavy (non-hydrogen) atoms. The topological polar surface area (TPSA) is 52.0 Å². The van der Waals surface area contributed by atoms with Gasteiger partial charge in [-0.3, -0.25) is 0 Å². The van der Waals surface area contributed by atoms with Crippen molar-refractivity contribution >= 4 is 5.69 Å². The fraction of sp³-hybridized carbons (Fsp3) is 0.471. The van der Waals surface area contributed by atoms with Gasteiger partial charge in [-0.05, 0) is 18.6 Å². The summed E-state index contributed by atoms with van der Waals surface area (Å²) in [5.74, 6) is 0.979. The molecule has 0 unspecified atom stereocenters. The molecule has 1 aromatic heterocycles. The molecule has 0 bridgehead atoms. The van der Waals surface area contributed by atoms with Crippen molar-refractivity contribution < 1.29 is 4.52 Å². The quantitative estimate of drug-likeness (QED) is 0.553. The Balaban J connectivity index is 1.79. The lowest BCUT2D eigenvalue weighted by molar-refractivity contribution is 0.380. The molecular formula is C17H24N2O. The number of nitrogens with zero attached hydrogens (tertiary/aromatic N) is 1. The molecule has 0 saturated heterocycles. The maximum Gasteiger partial charge on any atom is 0.137 e. The average Bonchev–Trinajstić information content (AvgIpc) is 2.92. The summed E-state index contributed by atoms with van der Waals surface area (Å²) in [5.41, 5.74) is 8.40. The Hall–Kier alpha value is -1.77. The lowest BCUT2D eigenvalue weighted by Crippen LogP contribution is -1.84. The summed E-state index contributed by atoms with van der Waals surface area (Å²) in [7, 11) is 0. The van der Waals surface area contributed by atoms with E-state index < -0.39 is 0 Å². The van der Waals surface area contributed by atoms with Gasteiger partial charge < -0.3 is 10.3 Å². The Kier molecular flexibility index (Phi) is 5.66. The molecule has 2 aromatic rings. The summed E-state index contributed by atoms with van der Waals surface area (Å²) < 4.78 is 5.40. The van der Waals surface area contributed by atoms with E-state index in [0.29, 0.717) is 0 Å². The molecule has 2 N–H and O–H groups in total. The number of aromatic nitrogens is 1. The van der Waals surface area contributed by atoms with E-state index in [9.17, 15) is 0 Å². The highest BCUT2D eigenvalue weighted by molar-refractivity contribution is 5.61. The van der Waals surface area contributed by atoms with Crippen molar-refractivity contribution in [2.24, 2.45) is 0 Å². The number of aryl methyl sites for hydroxylation is 1. The van der Waals surface area contributed by atoms with Gasteiger partial charge in [-0.2, -0.15) is 0 Å². The van der Waals surface area contributed by atoms with Crippen LogP contribution < -0.4 is 5.73 Å². The van der Waals surface area contributed by atoms with Crippen LogP contribution in [0.3, 0.4) is 0 Å². The maximum absolute atomic E-state index is 5.68. The van der Waals surface area contributed by atoms with Gasteiger partial charge in [0.05, 0.1) is 0 Å². The Bertz CT molecular complexity index is 502. The lowest BCUT2D eigenvalue weighted by Gasteiger charge is -1.98. The summed E-state index contributed by atoms with van der Waals surface area (Å²) in [4.78, 5) is 0. The Labute approximate surface area is 121 Å². The van der Waals surface area contributed by atoms with E-state index in [2.05, 4.69) is 12.1 Å². The predicted octanol–water partition coefficient (Wildman–Crippen LogP) is 4.83. The molecule has 2 rings (SSSR count). The van der Waals surface area contributed by atoms with Crippen molar-refractivity contribution in [1.82, 2.24) is 5.16 Å². The molecule has 1 heterocycles. The van der Waals surface area contributed by atoms with E-state index in [-0.39, 0.29) is 0 Å². The molecule has 1 aromatic carbocycles. The summed E-state index contributed by atoms with van der Waals surface area (Å²) in [6, 6.07) is 9.76. The third-order valence-electron chi connectivity index (χ3n) is 3.54. The number of hydrogen-bond acceptors (Lipinski definition) is 3. The fourth-order valence-corrected chi connectivity index (χ4v) is 2.30. The van der Waals surface area contributed by atoms with E-state index in [1.54, 1.807) is 0 Å². The number of anilines is 1. The van der Waals surface area contributed by atoms with Crippen molar-refractivity contribution in [3.63, 3.8) is 0 Å². The number of benzene rings is 1. The van der Waals surface area contributed by atoms with Gasteiger partial charge in [-0.25, -0.2) is 0 Å². The van der Waals surface area contributed by atoms with Crippen molar-refractivity contribution in [3.8, 4) is 11.3 Å². The third kappa shape index (κ3) is 4.41. The van der Waals surface area contributed by atoms with Crippen LogP contribution in [0.15, 0.2) is 34.9 Å². The van der Waals surface area contributed by atoms with E-state index in [1.165, 1.54) is 38.5 Å². The van der Waals surface area contributed by atoms with Gasteiger partial charge in [-0.15, -0.1) is 0 Å². The predicted molar refractivity (Wildman–Crippen MR) is 83.4 cm³/mol.